The molecule has 0 bridgehead atoms. The largest absolute Gasteiger partial charge is 0.396 e. The number of nitrogens with zero attached hydrogens (tertiary/aromatic N) is 2. The van der Waals surface area contributed by atoms with E-state index in [2.05, 4.69) is 21.6 Å². The molecule has 0 saturated heterocycles. The average molecular weight is 419 g/mol. The highest BCUT2D eigenvalue weighted by atomic mass is 35.5. The van der Waals surface area contributed by atoms with Crippen molar-refractivity contribution in [3.63, 3.8) is 0 Å². The Morgan fingerprint density at radius 2 is 1.93 bits per heavy atom. The third-order valence-corrected chi connectivity index (χ3v) is 8.65. The molecular weight excluding hydrogens is 392 g/mol. The predicted octanol–water partition coefficient (Wildman–Crippen LogP) is 3.53. The molecule has 1 atom stereocenters. The van der Waals surface area contributed by atoms with Crippen molar-refractivity contribution < 1.29 is 9.32 Å². The lowest BCUT2D eigenvalue weighted by atomic mass is 9.69. The van der Waals surface area contributed by atoms with E-state index >= 15 is 0 Å². The number of aliphatic hydroxyl groups excluding tert-OH is 1. The van der Waals surface area contributed by atoms with Gasteiger partial charge in [0.05, 0.1) is 17.4 Å². The Bertz CT molecular complexity index is 912. The van der Waals surface area contributed by atoms with Crippen molar-refractivity contribution in [2.45, 2.75) is 56.8 Å². The first-order valence-electron chi connectivity index (χ1n) is 10.3. The molecule has 0 spiro atoms. The molecule has 1 N–H and O–H groups in total. The maximum atomic E-state index is 12.7. The quantitative estimate of drug-likeness (QED) is 0.780. The molecule has 150 valence electrons. The molecule has 28 heavy (non-hydrogen) atoms. The van der Waals surface area contributed by atoms with Crippen LogP contribution in [-0.2, 0) is 43.3 Å². The monoisotopic (exact) mass is 418 g/mol. The Kier molecular flexibility index (Phi) is 4.90. The zero-order valence-corrected chi connectivity index (χ0v) is 17.7. The fraction of sp³-hybridized carbons (Fsp3) is 0.545. The number of fused-ring (bicyclic) bond motifs is 3. The van der Waals surface area contributed by atoms with Gasteiger partial charge in [0.25, 0.3) is 0 Å². The third kappa shape index (κ3) is 3.17. The van der Waals surface area contributed by atoms with E-state index in [4.69, 9.17) is 11.6 Å². The Labute approximate surface area is 174 Å². The fourth-order valence-corrected chi connectivity index (χ4v) is 6.69. The summed E-state index contributed by atoms with van der Waals surface area (Å²) in [7, 11) is -0.878. The molecule has 3 heterocycles. The van der Waals surface area contributed by atoms with Crippen molar-refractivity contribution in [2.24, 2.45) is 5.41 Å². The number of hydrogen-bond acceptors (Lipinski definition) is 3. The molecule has 5 rings (SSSR count). The average Bonchev–Trinajstić information content (AvgIpc) is 3.31. The van der Waals surface area contributed by atoms with Crippen molar-refractivity contribution in [3.05, 3.63) is 51.7 Å². The van der Waals surface area contributed by atoms with Gasteiger partial charge < -0.3 is 9.67 Å². The highest BCUT2D eigenvalue weighted by Crippen LogP contribution is 2.45. The van der Waals surface area contributed by atoms with Crippen molar-refractivity contribution in [1.82, 2.24) is 9.47 Å². The summed E-state index contributed by atoms with van der Waals surface area (Å²) in [6.07, 6.45) is 5.31. The van der Waals surface area contributed by atoms with E-state index in [9.17, 15) is 9.32 Å². The molecule has 2 aliphatic heterocycles. The van der Waals surface area contributed by atoms with Crippen molar-refractivity contribution in [2.75, 3.05) is 18.9 Å². The van der Waals surface area contributed by atoms with Gasteiger partial charge in [-0.3, -0.25) is 9.11 Å². The lowest BCUT2D eigenvalue weighted by Crippen LogP contribution is -2.38. The van der Waals surface area contributed by atoms with E-state index in [0.717, 1.165) is 67.7 Å². The second-order valence-electron chi connectivity index (χ2n) is 8.69. The van der Waals surface area contributed by atoms with Crippen molar-refractivity contribution in [3.8, 4) is 0 Å². The number of aromatic nitrogens is 1. The van der Waals surface area contributed by atoms with Gasteiger partial charge in [-0.1, -0.05) is 30.2 Å². The van der Waals surface area contributed by atoms with Crippen LogP contribution in [0.4, 0.5) is 0 Å². The highest BCUT2D eigenvalue weighted by molar-refractivity contribution is 7.85. The highest BCUT2D eigenvalue weighted by Gasteiger charge is 2.41. The smallest absolute Gasteiger partial charge is 0.110 e. The number of benzene rings is 1. The Hall–Kier alpha value is -1.14. The van der Waals surface area contributed by atoms with Crippen LogP contribution in [0.3, 0.4) is 0 Å². The molecule has 0 unspecified atom stereocenters. The summed E-state index contributed by atoms with van der Waals surface area (Å²) in [5.74, 6) is 0.759. The maximum absolute atomic E-state index is 12.7. The Morgan fingerprint density at radius 3 is 2.61 bits per heavy atom. The van der Waals surface area contributed by atoms with Crippen molar-refractivity contribution in [1.29, 1.82) is 0 Å². The fourth-order valence-electron chi connectivity index (χ4n) is 5.06. The van der Waals surface area contributed by atoms with Gasteiger partial charge in [-0.05, 0) is 54.5 Å². The summed E-state index contributed by atoms with van der Waals surface area (Å²) in [6.45, 7) is 3.97. The third-order valence-electron chi connectivity index (χ3n) is 6.92. The summed E-state index contributed by atoms with van der Waals surface area (Å²) < 4.78 is 15.0. The van der Waals surface area contributed by atoms with Gasteiger partial charge in [-0.25, -0.2) is 0 Å². The molecule has 1 aromatic carbocycles. The van der Waals surface area contributed by atoms with Gasteiger partial charge in [0.15, 0.2) is 0 Å². The van der Waals surface area contributed by atoms with Gasteiger partial charge in [0.1, 0.15) is 5.03 Å². The van der Waals surface area contributed by atoms with Crippen LogP contribution in [0.2, 0.25) is 5.02 Å². The Balaban J connectivity index is 1.36. The van der Waals surface area contributed by atoms with Crippen LogP contribution in [0.5, 0.6) is 0 Å². The van der Waals surface area contributed by atoms with Crippen LogP contribution in [0.15, 0.2) is 29.3 Å². The van der Waals surface area contributed by atoms with E-state index < -0.39 is 10.8 Å². The number of hydrogen-bond donors (Lipinski definition) is 1. The lowest BCUT2D eigenvalue weighted by Gasteiger charge is -2.41. The van der Waals surface area contributed by atoms with E-state index in [1.807, 2.05) is 12.1 Å². The van der Waals surface area contributed by atoms with E-state index in [1.54, 1.807) is 0 Å². The topological polar surface area (TPSA) is 45.5 Å². The first-order chi connectivity index (χ1) is 13.6. The molecule has 0 radical (unpaired) electrons. The van der Waals surface area contributed by atoms with Gasteiger partial charge >= 0.3 is 0 Å². The summed E-state index contributed by atoms with van der Waals surface area (Å²) >= 11 is 5.99. The predicted molar refractivity (Wildman–Crippen MR) is 112 cm³/mol. The van der Waals surface area contributed by atoms with Gasteiger partial charge in [0.2, 0.25) is 0 Å². The van der Waals surface area contributed by atoms with Crippen LogP contribution in [0.25, 0.3) is 0 Å². The van der Waals surface area contributed by atoms with Crippen LogP contribution in [0.1, 0.15) is 41.6 Å². The molecule has 0 amide bonds. The number of halogens is 1. The summed E-state index contributed by atoms with van der Waals surface area (Å²) in [5.41, 5.74) is 5.43. The zero-order chi connectivity index (χ0) is 19.3. The lowest BCUT2D eigenvalue weighted by molar-refractivity contribution is 0.0246. The minimum Gasteiger partial charge on any atom is -0.396 e. The molecular formula is C22H27ClN2O2S. The van der Waals surface area contributed by atoms with E-state index in [0.29, 0.717) is 0 Å². The van der Waals surface area contributed by atoms with Crippen LogP contribution >= 0.6 is 11.6 Å². The Morgan fingerprint density at radius 1 is 1.14 bits per heavy atom. The molecule has 1 saturated carbocycles. The molecule has 6 heteroatoms. The normalized spacial score (nSPS) is 22.9. The van der Waals surface area contributed by atoms with Crippen molar-refractivity contribution >= 4 is 22.4 Å². The molecule has 1 aliphatic carbocycles. The summed E-state index contributed by atoms with van der Waals surface area (Å²) in [6, 6.07) is 8.12. The molecule has 1 aromatic heterocycles. The van der Waals surface area contributed by atoms with E-state index in [-0.39, 0.29) is 12.0 Å². The van der Waals surface area contributed by atoms with Gasteiger partial charge in [-0.2, -0.15) is 0 Å². The standard InChI is InChI=1S/C22H27ClN2O2S/c23-17-4-2-16(3-5-17)6-10-24-12-19-18-7-11-28(27)21(18)25(20(19)13-24)14-22(15-26)8-1-9-22/h2-5,26H,1,6-15H2/t28-/m1/s1. The van der Waals surface area contributed by atoms with Crippen LogP contribution in [0, 0.1) is 5.41 Å². The number of aliphatic hydroxyl groups is 1. The first-order valence-corrected chi connectivity index (χ1v) is 12.0. The van der Waals surface area contributed by atoms with E-state index in [1.165, 1.54) is 28.8 Å². The summed E-state index contributed by atoms with van der Waals surface area (Å²) in [5, 5.41) is 11.8. The van der Waals surface area contributed by atoms with Crippen LogP contribution < -0.4 is 0 Å². The zero-order valence-electron chi connectivity index (χ0n) is 16.1. The SMILES string of the molecule is O=[S@@]1CCc2c3c(n(CC4(CO)CCC4)c21)CN(CCc1ccc(Cl)cc1)C3. The van der Waals surface area contributed by atoms with Gasteiger partial charge in [-0.15, -0.1) is 0 Å². The second kappa shape index (κ2) is 7.28. The molecule has 2 aromatic rings. The number of rotatable bonds is 6. The summed E-state index contributed by atoms with van der Waals surface area (Å²) in [4.78, 5) is 2.50. The van der Waals surface area contributed by atoms with Crippen LogP contribution in [-0.4, -0.2) is 37.7 Å². The maximum Gasteiger partial charge on any atom is 0.110 e. The molecule has 4 nitrogen and oxygen atoms in total. The molecule has 1 fully saturated rings. The minimum atomic E-state index is -0.878. The molecule has 3 aliphatic rings. The first kappa shape index (κ1) is 18.9. The minimum absolute atomic E-state index is 0.00404. The van der Waals surface area contributed by atoms with Gasteiger partial charge in [0, 0.05) is 48.1 Å². The second-order valence-corrected chi connectivity index (χ2v) is 10.6.